The quantitative estimate of drug-likeness (QED) is 0.731. The van der Waals surface area contributed by atoms with Gasteiger partial charge in [-0.15, -0.1) is 0 Å². The van der Waals surface area contributed by atoms with Gasteiger partial charge in [0.25, 0.3) is 0 Å². The average Bonchev–Trinajstić information content (AvgIpc) is 2.54. The van der Waals surface area contributed by atoms with Crippen LogP contribution in [0.1, 0.15) is 53.9 Å². The van der Waals surface area contributed by atoms with Crippen LogP contribution < -0.4 is 5.32 Å². The van der Waals surface area contributed by atoms with Gasteiger partial charge in [-0.3, -0.25) is 0 Å². The molecule has 0 bridgehead atoms. The van der Waals surface area contributed by atoms with Gasteiger partial charge in [0.15, 0.2) is 0 Å². The van der Waals surface area contributed by atoms with Crippen LogP contribution in [0, 0.1) is 23.7 Å². The molecule has 1 heteroatoms. The fraction of sp³-hybridized carbons (Fsp3) is 1.00. The van der Waals surface area contributed by atoms with Crippen LogP contribution in [0.4, 0.5) is 0 Å². The molecule has 0 aliphatic heterocycles. The minimum atomic E-state index is 0.757. The summed E-state index contributed by atoms with van der Waals surface area (Å²) in [6.07, 6.45) is 4.17. The van der Waals surface area contributed by atoms with Gasteiger partial charge in [0, 0.05) is 6.04 Å². The lowest BCUT2D eigenvalue weighted by atomic mass is 9.86. The maximum absolute atomic E-state index is 3.72. The third kappa shape index (κ3) is 3.21. The van der Waals surface area contributed by atoms with Crippen LogP contribution in [-0.2, 0) is 0 Å². The number of hydrogen-bond acceptors (Lipinski definition) is 1. The summed E-state index contributed by atoms with van der Waals surface area (Å²) in [6.45, 7) is 12.9. The zero-order valence-corrected chi connectivity index (χ0v) is 11.2. The van der Waals surface area contributed by atoms with Crippen molar-refractivity contribution < 1.29 is 0 Å². The SMILES string of the molecule is CCNC(C(C)CC)C1CC(C)C(C)C1. The van der Waals surface area contributed by atoms with Gasteiger partial charge in [0.1, 0.15) is 0 Å². The molecule has 4 atom stereocenters. The first-order valence-corrected chi connectivity index (χ1v) is 6.83. The number of nitrogens with one attached hydrogen (secondary N) is 1. The Hall–Kier alpha value is -0.0400. The summed E-state index contributed by atoms with van der Waals surface area (Å²) in [4.78, 5) is 0. The number of rotatable bonds is 5. The fourth-order valence-corrected chi connectivity index (χ4v) is 3.13. The summed E-state index contributed by atoms with van der Waals surface area (Å²) >= 11 is 0. The molecule has 0 amide bonds. The van der Waals surface area contributed by atoms with Crippen LogP contribution in [0.2, 0.25) is 0 Å². The Morgan fingerprint density at radius 3 is 2.07 bits per heavy atom. The third-order valence-corrected chi connectivity index (χ3v) is 4.53. The molecule has 0 aromatic carbocycles. The van der Waals surface area contributed by atoms with Crippen molar-refractivity contribution >= 4 is 0 Å². The lowest BCUT2D eigenvalue weighted by molar-refractivity contribution is 0.264. The van der Waals surface area contributed by atoms with Crippen LogP contribution in [-0.4, -0.2) is 12.6 Å². The third-order valence-electron chi connectivity index (χ3n) is 4.53. The van der Waals surface area contributed by atoms with E-state index >= 15 is 0 Å². The van der Waals surface area contributed by atoms with E-state index in [0.717, 1.165) is 36.3 Å². The topological polar surface area (TPSA) is 12.0 Å². The van der Waals surface area contributed by atoms with Crippen LogP contribution in [0.25, 0.3) is 0 Å². The summed E-state index contributed by atoms with van der Waals surface area (Å²) in [5.41, 5.74) is 0. The molecular weight excluding hydrogens is 182 g/mol. The van der Waals surface area contributed by atoms with Gasteiger partial charge >= 0.3 is 0 Å². The van der Waals surface area contributed by atoms with E-state index < -0.39 is 0 Å². The molecule has 1 fully saturated rings. The van der Waals surface area contributed by atoms with Gasteiger partial charge in [0.05, 0.1) is 0 Å². The first-order chi connectivity index (χ1) is 7.10. The predicted octanol–water partition coefficient (Wildman–Crippen LogP) is 3.69. The summed E-state index contributed by atoms with van der Waals surface area (Å²) in [5, 5.41) is 3.72. The Balaban J connectivity index is 2.56. The molecule has 1 N–H and O–H groups in total. The molecule has 0 aromatic rings. The molecule has 0 saturated heterocycles. The standard InChI is InChI=1S/C14H29N/c1-6-10(3)14(15-7-2)13-8-11(4)12(5)9-13/h10-15H,6-9H2,1-5H3. The summed E-state index contributed by atoms with van der Waals surface area (Å²) < 4.78 is 0. The van der Waals surface area contributed by atoms with Crippen molar-refractivity contribution in [3.63, 3.8) is 0 Å². The van der Waals surface area contributed by atoms with E-state index in [1.54, 1.807) is 0 Å². The predicted molar refractivity (Wildman–Crippen MR) is 68.0 cm³/mol. The van der Waals surface area contributed by atoms with Crippen molar-refractivity contribution in [1.82, 2.24) is 5.32 Å². The molecule has 0 radical (unpaired) electrons. The van der Waals surface area contributed by atoms with E-state index in [-0.39, 0.29) is 0 Å². The number of hydrogen-bond donors (Lipinski definition) is 1. The first kappa shape index (κ1) is 13.0. The largest absolute Gasteiger partial charge is 0.314 e. The summed E-state index contributed by atoms with van der Waals surface area (Å²) in [5.74, 6) is 3.61. The molecule has 0 spiro atoms. The van der Waals surface area contributed by atoms with Gasteiger partial charge in [-0.25, -0.2) is 0 Å². The van der Waals surface area contributed by atoms with Gasteiger partial charge in [-0.1, -0.05) is 41.0 Å². The van der Waals surface area contributed by atoms with E-state index in [9.17, 15) is 0 Å². The maximum atomic E-state index is 3.72. The summed E-state index contributed by atoms with van der Waals surface area (Å²) in [6, 6.07) is 0.757. The molecule has 4 unspecified atom stereocenters. The Bertz CT molecular complexity index is 168. The highest BCUT2D eigenvalue weighted by molar-refractivity contribution is 4.88. The molecule has 90 valence electrons. The molecule has 1 aliphatic carbocycles. The molecule has 0 aromatic heterocycles. The van der Waals surface area contributed by atoms with Crippen molar-refractivity contribution in [3.05, 3.63) is 0 Å². The van der Waals surface area contributed by atoms with Crippen molar-refractivity contribution in [1.29, 1.82) is 0 Å². The molecular formula is C14H29N. The fourth-order valence-electron chi connectivity index (χ4n) is 3.13. The van der Waals surface area contributed by atoms with Crippen LogP contribution in [0.3, 0.4) is 0 Å². The zero-order valence-electron chi connectivity index (χ0n) is 11.2. The second-order valence-electron chi connectivity index (χ2n) is 5.66. The molecule has 1 saturated carbocycles. The second kappa shape index (κ2) is 5.89. The van der Waals surface area contributed by atoms with Crippen molar-refractivity contribution in [2.45, 2.75) is 59.9 Å². The highest BCUT2D eigenvalue weighted by Gasteiger charge is 2.34. The minimum absolute atomic E-state index is 0.757. The van der Waals surface area contributed by atoms with Crippen LogP contribution >= 0.6 is 0 Å². The van der Waals surface area contributed by atoms with Gasteiger partial charge in [0.2, 0.25) is 0 Å². The van der Waals surface area contributed by atoms with Crippen molar-refractivity contribution in [2.24, 2.45) is 23.7 Å². The van der Waals surface area contributed by atoms with Crippen LogP contribution in [0.15, 0.2) is 0 Å². The second-order valence-corrected chi connectivity index (χ2v) is 5.66. The van der Waals surface area contributed by atoms with E-state index in [1.165, 1.54) is 19.3 Å². The Morgan fingerprint density at radius 1 is 1.13 bits per heavy atom. The maximum Gasteiger partial charge on any atom is 0.0121 e. The molecule has 0 heterocycles. The Morgan fingerprint density at radius 2 is 1.67 bits per heavy atom. The molecule has 1 rings (SSSR count). The molecule has 15 heavy (non-hydrogen) atoms. The van der Waals surface area contributed by atoms with E-state index in [1.807, 2.05) is 0 Å². The zero-order chi connectivity index (χ0) is 11.4. The first-order valence-electron chi connectivity index (χ1n) is 6.83. The normalized spacial score (nSPS) is 35.4. The lowest BCUT2D eigenvalue weighted by Crippen LogP contribution is -2.40. The highest BCUT2D eigenvalue weighted by atomic mass is 14.9. The van der Waals surface area contributed by atoms with Crippen molar-refractivity contribution in [3.8, 4) is 0 Å². The lowest BCUT2D eigenvalue weighted by Gasteiger charge is -2.30. The van der Waals surface area contributed by atoms with E-state index in [4.69, 9.17) is 0 Å². The molecule has 1 nitrogen and oxygen atoms in total. The summed E-state index contributed by atoms with van der Waals surface area (Å²) in [7, 11) is 0. The minimum Gasteiger partial charge on any atom is -0.314 e. The van der Waals surface area contributed by atoms with E-state index in [2.05, 4.69) is 39.9 Å². The van der Waals surface area contributed by atoms with Crippen molar-refractivity contribution in [2.75, 3.05) is 6.54 Å². The Kier molecular flexibility index (Phi) is 5.11. The Labute approximate surface area is 96.0 Å². The monoisotopic (exact) mass is 211 g/mol. The van der Waals surface area contributed by atoms with Gasteiger partial charge in [-0.2, -0.15) is 0 Å². The average molecular weight is 211 g/mol. The van der Waals surface area contributed by atoms with E-state index in [0.29, 0.717) is 0 Å². The highest BCUT2D eigenvalue weighted by Crippen LogP contribution is 2.39. The molecule has 1 aliphatic rings. The van der Waals surface area contributed by atoms with Gasteiger partial charge in [-0.05, 0) is 43.1 Å². The van der Waals surface area contributed by atoms with Gasteiger partial charge < -0.3 is 5.32 Å². The smallest absolute Gasteiger partial charge is 0.0121 e. The van der Waals surface area contributed by atoms with Crippen LogP contribution in [0.5, 0.6) is 0 Å².